The summed E-state index contributed by atoms with van der Waals surface area (Å²) in [5, 5.41) is 10.4. The summed E-state index contributed by atoms with van der Waals surface area (Å²) in [5.74, 6) is 0. The van der Waals surface area contributed by atoms with Crippen LogP contribution in [-0.4, -0.2) is 15.7 Å². The van der Waals surface area contributed by atoms with Gasteiger partial charge in [0.2, 0.25) is 0 Å². The Morgan fingerprint density at radius 1 is 1.11 bits per heavy atom. The molecule has 1 aromatic heterocycles. The van der Waals surface area contributed by atoms with Crippen LogP contribution in [0, 0.1) is 0 Å². The SMILES string of the molecule is CC(O)(Cc1ccc(Br)cc1)Cc1ccccn1. The molecule has 0 radical (unpaired) electrons. The molecule has 1 aromatic carbocycles. The van der Waals surface area contributed by atoms with Gasteiger partial charge in [0.1, 0.15) is 0 Å². The molecule has 1 heterocycles. The Hall–Kier alpha value is -1.19. The molecule has 1 N–H and O–H groups in total. The molecule has 2 nitrogen and oxygen atoms in total. The number of pyridine rings is 1. The van der Waals surface area contributed by atoms with E-state index in [-0.39, 0.29) is 0 Å². The Bertz CT molecular complexity index is 494. The first-order valence-electron chi connectivity index (χ1n) is 5.92. The van der Waals surface area contributed by atoms with E-state index in [2.05, 4.69) is 20.9 Å². The average Bonchev–Trinajstić information content (AvgIpc) is 2.32. The average molecular weight is 306 g/mol. The van der Waals surface area contributed by atoms with Crippen molar-refractivity contribution in [3.05, 3.63) is 64.4 Å². The van der Waals surface area contributed by atoms with Gasteiger partial charge < -0.3 is 5.11 Å². The summed E-state index contributed by atoms with van der Waals surface area (Å²) < 4.78 is 1.05. The van der Waals surface area contributed by atoms with E-state index in [1.807, 2.05) is 49.4 Å². The maximum absolute atomic E-state index is 10.4. The standard InChI is InChI=1S/C15H16BrNO/c1-15(18,11-14-4-2-3-9-17-14)10-12-5-7-13(16)8-6-12/h2-9,18H,10-11H2,1H3. The summed E-state index contributed by atoms with van der Waals surface area (Å²) in [5.41, 5.74) is 1.26. The monoisotopic (exact) mass is 305 g/mol. The number of aliphatic hydroxyl groups is 1. The first-order valence-corrected chi connectivity index (χ1v) is 6.71. The van der Waals surface area contributed by atoms with Crippen molar-refractivity contribution in [2.75, 3.05) is 0 Å². The lowest BCUT2D eigenvalue weighted by Gasteiger charge is -2.23. The maximum Gasteiger partial charge on any atom is 0.0715 e. The molecule has 1 unspecified atom stereocenters. The van der Waals surface area contributed by atoms with Crippen molar-refractivity contribution in [2.24, 2.45) is 0 Å². The van der Waals surface area contributed by atoms with E-state index < -0.39 is 5.60 Å². The summed E-state index contributed by atoms with van der Waals surface area (Å²) >= 11 is 3.41. The van der Waals surface area contributed by atoms with Crippen LogP contribution in [0.3, 0.4) is 0 Å². The Morgan fingerprint density at radius 2 is 1.83 bits per heavy atom. The molecule has 1 atom stereocenters. The Balaban J connectivity index is 2.05. The summed E-state index contributed by atoms with van der Waals surface area (Å²) in [6, 6.07) is 13.8. The quantitative estimate of drug-likeness (QED) is 0.939. The molecule has 18 heavy (non-hydrogen) atoms. The van der Waals surface area contributed by atoms with Crippen LogP contribution in [0.15, 0.2) is 53.1 Å². The van der Waals surface area contributed by atoms with Gasteiger partial charge in [-0.3, -0.25) is 4.98 Å². The molecule has 94 valence electrons. The van der Waals surface area contributed by atoms with Crippen LogP contribution >= 0.6 is 15.9 Å². The molecule has 0 saturated heterocycles. The predicted octanol–water partition coefficient (Wildman–Crippen LogP) is 3.38. The lowest BCUT2D eigenvalue weighted by Crippen LogP contribution is -2.30. The van der Waals surface area contributed by atoms with Gasteiger partial charge in [0, 0.05) is 29.2 Å². The summed E-state index contributed by atoms with van der Waals surface area (Å²) in [6.45, 7) is 1.85. The van der Waals surface area contributed by atoms with Crippen molar-refractivity contribution in [1.29, 1.82) is 0 Å². The number of rotatable bonds is 4. The van der Waals surface area contributed by atoms with Crippen molar-refractivity contribution >= 4 is 15.9 Å². The van der Waals surface area contributed by atoms with Crippen LogP contribution in [0.4, 0.5) is 0 Å². The first kappa shape index (κ1) is 13.2. The van der Waals surface area contributed by atoms with Gasteiger partial charge in [-0.2, -0.15) is 0 Å². The molecule has 0 spiro atoms. The molecule has 0 aliphatic rings. The number of aromatic nitrogens is 1. The first-order chi connectivity index (χ1) is 8.55. The van der Waals surface area contributed by atoms with Gasteiger partial charge in [-0.1, -0.05) is 34.1 Å². The largest absolute Gasteiger partial charge is 0.389 e. The highest BCUT2D eigenvalue weighted by Gasteiger charge is 2.22. The zero-order valence-electron chi connectivity index (χ0n) is 10.3. The van der Waals surface area contributed by atoms with Gasteiger partial charge in [-0.15, -0.1) is 0 Å². The summed E-state index contributed by atoms with van der Waals surface area (Å²) in [7, 11) is 0. The number of halogens is 1. The van der Waals surface area contributed by atoms with Gasteiger partial charge in [0.15, 0.2) is 0 Å². The van der Waals surface area contributed by atoms with Crippen LogP contribution in [0.1, 0.15) is 18.2 Å². The zero-order valence-corrected chi connectivity index (χ0v) is 11.9. The molecular weight excluding hydrogens is 290 g/mol. The second-order valence-electron chi connectivity index (χ2n) is 4.80. The van der Waals surface area contributed by atoms with Gasteiger partial charge in [-0.05, 0) is 36.8 Å². The highest BCUT2D eigenvalue weighted by atomic mass is 79.9. The van der Waals surface area contributed by atoms with Crippen LogP contribution in [0.25, 0.3) is 0 Å². The fraction of sp³-hybridized carbons (Fsp3) is 0.267. The van der Waals surface area contributed by atoms with Crippen molar-refractivity contribution in [1.82, 2.24) is 4.98 Å². The fourth-order valence-corrected chi connectivity index (χ4v) is 2.26. The van der Waals surface area contributed by atoms with Gasteiger partial charge in [0.05, 0.1) is 5.60 Å². The van der Waals surface area contributed by atoms with Crippen molar-refractivity contribution in [3.8, 4) is 0 Å². The van der Waals surface area contributed by atoms with E-state index in [0.717, 1.165) is 15.7 Å². The second-order valence-corrected chi connectivity index (χ2v) is 5.71. The Morgan fingerprint density at radius 3 is 2.44 bits per heavy atom. The summed E-state index contributed by atoms with van der Waals surface area (Å²) in [4.78, 5) is 4.25. The molecule has 0 aliphatic carbocycles. The normalized spacial score (nSPS) is 14.2. The number of nitrogens with zero attached hydrogens (tertiary/aromatic N) is 1. The topological polar surface area (TPSA) is 33.1 Å². The number of benzene rings is 1. The van der Waals surface area contributed by atoms with Gasteiger partial charge in [-0.25, -0.2) is 0 Å². The number of hydrogen-bond donors (Lipinski definition) is 1. The second kappa shape index (κ2) is 5.63. The van der Waals surface area contributed by atoms with E-state index in [0.29, 0.717) is 12.8 Å². The van der Waals surface area contributed by atoms with E-state index in [4.69, 9.17) is 0 Å². The lowest BCUT2D eigenvalue weighted by molar-refractivity contribution is 0.0598. The third-order valence-electron chi connectivity index (χ3n) is 2.79. The molecule has 0 aliphatic heterocycles. The van der Waals surface area contributed by atoms with Crippen molar-refractivity contribution in [3.63, 3.8) is 0 Å². The van der Waals surface area contributed by atoms with E-state index in [9.17, 15) is 5.11 Å². The molecular formula is C15H16BrNO. The van der Waals surface area contributed by atoms with E-state index >= 15 is 0 Å². The molecule has 0 amide bonds. The van der Waals surface area contributed by atoms with E-state index in [1.165, 1.54) is 0 Å². The third-order valence-corrected chi connectivity index (χ3v) is 3.31. The molecule has 3 heteroatoms. The minimum Gasteiger partial charge on any atom is -0.389 e. The molecule has 0 bridgehead atoms. The van der Waals surface area contributed by atoms with Crippen LogP contribution in [0.2, 0.25) is 0 Å². The highest BCUT2D eigenvalue weighted by molar-refractivity contribution is 9.10. The zero-order chi connectivity index (χ0) is 13.0. The minimum atomic E-state index is -0.776. The minimum absolute atomic E-state index is 0.559. The third kappa shape index (κ3) is 3.93. The Labute approximate surface area is 116 Å². The van der Waals surface area contributed by atoms with Gasteiger partial charge >= 0.3 is 0 Å². The summed E-state index contributed by atoms with van der Waals surface area (Å²) in [6.07, 6.45) is 2.94. The van der Waals surface area contributed by atoms with Crippen LogP contribution in [0.5, 0.6) is 0 Å². The smallest absolute Gasteiger partial charge is 0.0715 e. The van der Waals surface area contributed by atoms with Gasteiger partial charge in [0.25, 0.3) is 0 Å². The maximum atomic E-state index is 10.4. The number of hydrogen-bond acceptors (Lipinski definition) is 2. The van der Waals surface area contributed by atoms with Crippen molar-refractivity contribution < 1.29 is 5.11 Å². The fourth-order valence-electron chi connectivity index (χ4n) is 2.00. The molecule has 2 rings (SSSR count). The molecule has 0 fully saturated rings. The highest BCUT2D eigenvalue weighted by Crippen LogP contribution is 2.19. The lowest BCUT2D eigenvalue weighted by atomic mass is 9.92. The molecule has 0 saturated carbocycles. The predicted molar refractivity (Wildman–Crippen MR) is 76.4 cm³/mol. The molecule has 2 aromatic rings. The Kier molecular flexibility index (Phi) is 4.15. The van der Waals surface area contributed by atoms with Crippen molar-refractivity contribution in [2.45, 2.75) is 25.4 Å². The van der Waals surface area contributed by atoms with Crippen LogP contribution in [-0.2, 0) is 12.8 Å². The van der Waals surface area contributed by atoms with Crippen LogP contribution < -0.4 is 0 Å². The van der Waals surface area contributed by atoms with E-state index in [1.54, 1.807) is 6.20 Å².